The number of oxazole rings is 1. The molecule has 3 heteroatoms. The van der Waals surface area contributed by atoms with Gasteiger partial charge >= 0.3 is 0 Å². The van der Waals surface area contributed by atoms with Gasteiger partial charge < -0.3 is 9.40 Å². The van der Waals surface area contributed by atoms with Gasteiger partial charge in [0.2, 0.25) is 5.89 Å². The van der Waals surface area contributed by atoms with Gasteiger partial charge in [0, 0.05) is 22.0 Å². The van der Waals surface area contributed by atoms with Crippen LogP contribution < -0.4 is 0 Å². The maximum atomic E-state index is 5.92. The van der Waals surface area contributed by atoms with Crippen molar-refractivity contribution in [2.24, 2.45) is 0 Å². The molecule has 26 heavy (non-hydrogen) atoms. The average Bonchev–Trinajstić information content (AvgIpc) is 3.18. The zero-order valence-electron chi connectivity index (χ0n) is 16.2. The lowest BCUT2D eigenvalue weighted by atomic mass is 9.82. The lowest BCUT2D eigenvalue weighted by Gasteiger charge is -2.23. The van der Waals surface area contributed by atoms with Gasteiger partial charge in [-0.1, -0.05) is 58.9 Å². The fourth-order valence-electron chi connectivity index (χ4n) is 3.45. The molecule has 0 aliphatic heterocycles. The fraction of sp³-hybridized carbons (Fsp3) is 0.348. The van der Waals surface area contributed by atoms with E-state index in [1.165, 1.54) is 22.2 Å². The Morgan fingerprint density at radius 2 is 1.73 bits per heavy atom. The smallest absolute Gasteiger partial charge is 0.200 e. The number of aromatic nitrogens is 2. The molecule has 0 atom stereocenters. The van der Waals surface area contributed by atoms with Crippen molar-refractivity contribution < 1.29 is 4.42 Å². The van der Waals surface area contributed by atoms with Crippen molar-refractivity contribution in [2.45, 2.75) is 51.9 Å². The summed E-state index contributed by atoms with van der Waals surface area (Å²) in [6.07, 6.45) is 0.938. The van der Waals surface area contributed by atoms with Crippen molar-refractivity contribution in [2.75, 3.05) is 0 Å². The number of H-pyrrole nitrogens is 1. The van der Waals surface area contributed by atoms with Crippen molar-refractivity contribution in [3.8, 4) is 0 Å². The largest absolute Gasteiger partial charge is 0.440 e. The van der Waals surface area contributed by atoms with Gasteiger partial charge in [0.05, 0.1) is 0 Å². The molecule has 0 amide bonds. The first-order valence-corrected chi connectivity index (χ1v) is 9.21. The fourth-order valence-corrected chi connectivity index (χ4v) is 3.45. The minimum atomic E-state index is -0.0805. The van der Waals surface area contributed by atoms with Crippen LogP contribution in [0.5, 0.6) is 0 Å². The predicted octanol–water partition coefficient (Wildman–Crippen LogP) is 6.13. The lowest BCUT2D eigenvalue weighted by Crippen LogP contribution is -2.20. The summed E-state index contributed by atoms with van der Waals surface area (Å²) in [5.74, 6) is 0.791. The molecule has 4 aromatic rings. The number of hydrogen-bond acceptors (Lipinski definition) is 2. The van der Waals surface area contributed by atoms with Crippen molar-refractivity contribution in [1.29, 1.82) is 0 Å². The van der Waals surface area contributed by atoms with E-state index in [1.807, 2.05) is 6.07 Å². The minimum absolute atomic E-state index is 0.00326. The first-order valence-electron chi connectivity index (χ1n) is 9.21. The number of hydrogen-bond donors (Lipinski definition) is 1. The summed E-state index contributed by atoms with van der Waals surface area (Å²) in [5.41, 5.74) is 5.45. The third kappa shape index (κ3) is 3.03. The highest BCUT2D eigenvalue weighted by Crippen LogP contribution is 2.32. The molecule has 2 aromatic heterocycles. The Morgan fingerprint density at radius 3 is 2.46 bits per heavy atom. The summed E-state index contributed by atoms with van der Waals surface area (Å²) < 4.78 is 5.92. The Morgan fingerprint density at radius 1 is 0.962 bits per heavy atom. The van der Waals surface area contributed by atoms with Crippen LogP contribution in [0.3, 0.4) is 0 Å². The van der Waals surface area contributed by atoms with E-state index in [0.29, 0.717) is 0 Å². The van der Waals surface area contributed by atoms with Crippen molar-refractivity contribution in [1.82, 2.24) is 9.97 Å². The van der Waals surface area contributed by atoms with E-state index in [-0.39, 0.29) is 10.8 Å². The summed E-state index contributed by atoms with van der Waals surface area (Å²) in [4.78, 5) is 8.29. The number of fused-ring (bicyclic) bond motifs is 2. The zero-order valence-corrected chi connectivity index (χ0v) is 16.2. The highest BCUT2D eigenvalue weighted by molar-refractivity contribution is 5.80. The molecule has 0 saturated carbocycles. The Labute approximate surface area is 154 Å². The average molecular weight is 346 g/mol. The first kappa shape index (κ1) is 16.9. The van der Waals surface area contributed by atoms with Gasteiger partial charge in [0.1, 0.15) is 5.52 Å². The maximum absolute atomic E-state index is 5.92. The van der Waals surface area contributed by atoms with Crippen LogP contribution >= 0.6 is 0 Å². The van der Waals surface area contributed by atoms with Crippen LogP contribution in [0.25, 0.3) is 22.0 Å². The van der Waals surface area contributed by atoms with Gasteiger partial charge in [-0.15, -0.1) is 0 Å². The molecule has 0 saturated heterocycles. The van der Waals surface area contributed by atoms with Gasteiger partial charge in [-0.3, -0.25) is 0 Å². The van der Waals surface area contributed by atoms with Crippen LogP contribution in [0.4, 0.5) is 0 Å². The molecule has 1 N–H and O–H groups in total. The number of nitrogens with zero attached hydrogens (tertiary/aromatic N) is 1. The second kappa shape index (κ2) is 5.73. The van der Waals surface area contributed by atoms with Gasteiger partial charge in [0.25, 0.3) is 0 Å². The molecule has 2 heterocycles. The molecule has 0 radical (unpaired) electrons. The third-order valence-corrected chi connectivity index (χ3v) is 5.00. The Hall–Kier alpha value is -2.55. The topological polar surface area (TPSA) is 41.8 Å². The highest BCUT2D eigenvalue weighted by Gasteiger charge is 2.25. The van der Waals surface area contributed by atoms with Crippen LogP contribution in [0.15, 0.2) is 52.9 Å². The number of rotatable bonds is 3. The molecule has 2 aromatic carbocycles. The molecule has 3 nitrogen and oxygen atoms in total. The van der Waals surface area contributed by atoms with E-state index in [2.05, 4.69) is 82.1 Å². The van der Waals surface area contributed by atoms with Gasteiger partial charge in [-0.2, -0.15) is 0 Å². The molecule has 0 aliphatic carbocycles. The molecule has 0 aliphatic rings. The molecular weight excluding hydrogens is 320 g/mol. The Balaban J connectivity index is 1.66. The number of para-hydroxylation sites is 1. The van der Waals surface area contributed by atoms with E-state index in [0.717, 1.165) is 23.4 Å². The zero-order chi connectivity index (χ0) is 18.5. The predicted molar refractivity (Wildman–Crippen MR) is 108 cm³/mol. The SMILES string of the molecule is CC(C)(C)c1nc2cc(CC(C)(C)c3cc4ccccc4[nH]3)ccc2o1. The summed E-state index contributed by atoms with van der Waals surface area (Å²) in [6.45, 7) is 10.9. The standard InChI is InChI=1S/C23H26N2O/c1-22(2,3)21-25-18-12-15(10-11-19(18)26-21)14-23(4,5)20-13-16-8-6-7-9-17(16)24-20/h6-13,24H,14H2,1-5H3. The summed E-state index contributed by atoms with van der Waals surface area (Å²) >= 11 is 0. The molecule has 4 rings (SSSR count). The normalized spacial score (nSPS) is 13.0. The third-order valence-electron chi connectivity index (χ3n) is 5.00. The second-order valence-electron chi connectivity index (χ2n) is 8.90. The van der Waals surface area contributed by atoms with Gasteiger partial charge in [0.15, 0.2) is 5.58 Å². The van der Waals surface area contributed by atoms with E-state index < -0.39 is 0 Å². The molecule has 0 bridgehead atoms. The van der Waals surface area contributed by atoms with Crippen LogP contribution in [0, 0.1) is 0 Å². The van der Waals surface area contributed by atoms with E-state index in [1.54, 1.807) is 0 Å². The van der Waals surface area contributed by atoms with Crippen LogP contribution in [-0.4, -0.2) is 9.97 Å². The highest BCUT2D eigenvalue weighted by atomic mass is 16.3. The van der Waals surface area contributed by atoms with E-state index in [9.17, 15) is 0 Å². The molecule has 0 spiro atoms. The monoisotopic (exact) mass is 346 g/mol. The molecule has 134 valence electrons. The number of aromatic amines is 1. The van der Waals surface area contributed by atoms with Crippen LogP contribution in [-0.2, 0) is 17.3 Å². The summed E-state index contributed by atoms with van der Waals surface area (Å²) in [6, 6.07) is 17.1. The van der Waals surface area contributed by atoms with E-state index in [4.69, 9.17) is 9.40 Å². The molecule has 0 fully saturated rings. The van der Waals surface area contributed by atoms with Gasteiger partial charge in [-0.05, 0) is 41.6 Å². The van der Waals surface area contributed by atoms with Crippen molar-refractivity contribution >= 4 is 22.0 Å². The molecular formula is C23H26N2O. The summed E-state index contributed by atoms with van der Waals surface area (Å²) in [5, 5.41) is 1.26. The summed E-state index contributed by atoms with van der Waals surface area (Å²) in [7, 11) is 0. The Bertz CT molecular complexity index is 1040. The second-order valence-corrected chi connectivity index (χ2v) is 8.90. The number of benzene rings is 2. The number of nitrogens with one attached hydrogen (secondary N) is 1. The van der Waals surface area contributed by atoms with Crippen LogP contribution in [0.1, 0.15) is 51.8 Å². The van der Waals surface area contributed by atoms with Crippen LogP contribution in [0.2, 0.25) is 0 Å². The maximum Gasteiger partial charge on any atom is 0.200 e. The van der Waals surface area contributed by atoms with Crippen molar-refractivity contribution in [3.05, 3.63) is 65.7 Å². The van der Waals surface area contributed by atoms with Crippen molar-refractivity contribution in [3.63, 3.8) is 0 Å². The first-order chi connectivity index (χ1) is 12.2. The minimum Gasteiger partial charge on any atom is -0.440 e. The van der Waals surface area contributed by atoms with Gasteiger partial charge in [-0.25, -0.2) is 4.98 Å². The molecule has 0 unspecified atom stereocenters. The quantitative estimate of drug-likeness (QED) is 0.485. The van der Waals surface area contributed by atoms with E-state index >= 15 is 0 Å². The lowest BCUT2D eigenvalue weighted by molar-refractivity contribution is 0.411. The Kier molecular flexibility index (Phi) is 3.72.